The molecule has 0 aliphatic rings. The van der Waals surface area contributed by atoms with Crippen LogP contribution in [-0.2, 0) is 5.41 Å². The number of hydrogen-bond acceptors (Lipinski definition) is 2. The first-order chi connectivity index (χ1) is 9.00. The largest absolute Gasteiger partial charge is 0.385 e. The Labute approximate surface area is 115 Å². The number of anilines is 1. The average Bonchev–Trinajstić information content (AvgIpc) is 2.39. The Hall–Kier alpha value is -1.83. The molecule has 2 heteroatoms. The highest BCUT2D eigenvalue weighted by Crippen LogP contribution is 2.26. The van der Waals surface area contributed by atoms with E-state index in [2.05, 4.69) is 68.3 Å². The number of benzene rings is 1. The highest BCUT2D eigenvalue weighted by atomic mass is 14.9. The van der Waals surface area contributed by atoms with Gasteiger partial charge in [0.15, 0.2) is 0 Å². The second-order valence-corrected chi connectivity index (χ2v) is 5.79. The van der Waals surface area contributed by atoms with Crippen molar-refractivity contribution in [2.45, 2.75) is 33.1 Å². The minimum atomic E-state index is 0.192. The summed E-state index contributed by atoms with van der Waals surface area (Å²) in [6, 6.07) is 12.8. The van der Waals surface area contributed by atoms with Crippen molar-refractivity contribution in [3.05, 3.63) is 48.2 Å². The zero-order valence-electron chi connectivity index (χ0n) is 12.2. The molecule has 1 aromatic carbocycles. The maximum absolute atomic E-state index is 4.44. The lowest BCUT2D eigenvalue weighted by atomic mass is 9.86. The molecule has 0 spiro atoms. The molecule has 0 amide bonds. The van der Waals surface area contributed by atoms with E-state index < -0.39 is 0 Å². The van der Waals surface area contributed by atoms with Gasteiger partial charge in [-0.3, -0.25) is 4.98 Å². The molecule has 0 aliphatic carbocycles. The molecule has 0 unspecified atom stereocenters. The fraction of sp³-hybridized carbons (Fsp3) is 0.353. The maximum atomic E-state index is 4.44. The van der Waals surface area contributed by atoms with Gasteiger partial charge in [-0.05, 0) is 30.0 Å². The molecule has 0 radical (unpaired) electrons. The van der Waals surface area contributed by atoms with Crippen molar-refractivity contribution in [1.82, 2.24) is 4.98 Å². The van der Waals surface area contributed by atoms with Crippen molar-refractivity contribution in [3.8, 4) is 11.3 Å². The summed E-state index contributed by atoms with van der Waals surface area (Å²) in [5.74, 6) is 0. The van der Waals surface area contributed by atoms with Gasteiger partial charge in [0.1, 0.15) is 0 Å². The standard InChI is InChI=1S/C17H22N2/c1-5-18-15-10-11-19-16(12-15)13-6-8-14(9-7-13)17(2,3)4/h6-12H,5H2,1-4H3,(H,18,19). The number of pyridine rings is 1. The van der Waals surface area contributed by atoms with E-state index in [4.69, 9.17) is 0 Å². The van der Waals surface area contributed by atoms with Gasteiger partial charge in [-0.25, -0.2) is 0 Å². The van der Waals surface area contributed by atoms with Gasteiger partial charge in [0.2, 0.25) is 0 Å². The van der Waals surface area contributed by atoms with Crippen molar-refractivity contribution in [2.24, 2.45) is 0 Å². The molecular formula is C17H22N2. The lowest BCUT2D eigenvalue weighted by Gasteiger charge is -2.19. The van der Waals surface area contributed by atoms with Gasteiger partial charge < -0.3 is 5.32 Å². The highest BCUT2D eigenvalue weighted by molar-refractivity contribution is 5.64. The monoisotopic (exact) mass is 254 g/mol. The van der Waals surface area contributed by atoms with Crippen LogP contribution in [0.15, 0.2) is 42.6 Å². The minimum Gasteiger partial charge on any atom is -0.385 e. The van der Waals surface area contributed by atoms with Crippen molar-refractivity contribution >= 4 is 5.69 Å². The lowest BCUT2D eigenvalue weighted by Crippen LogP contribution is -2.10. The SMILES string of the molecule is CCNc1ccnc(-c2ccc(C(C)(C)C)cc2)c1. The van der Waals surface area contributed by atoms with Gasteiger partial charge in [-0.2, -0.15) is 0 Å². The van der Waals surface area contributed by atoms with E-state index in [1.54, 1.807) is 0 Å². The third-order valence-electron chi connectivity index (χ3n) is 3.19. The molecule has 19 heavy (non-hydrogen) atoms. The summed E-state index contributed by atoms with van der Waals surface area (Å²) in [7, 11) is 0. The summed E-state index contributed by atoms with van der Waals surface area (Å²) in [4.78, 5) is 4.44. The van der Waals surface area contributed by atoms with E-state index in [0.717, 1.165) is 23.5 Å². The molecule has 0 fully saturated rings. The molecule has 2 nitrogen and oxygen atoms in total. The number of nitrogens with one attached hydrogen (secondary N) is 1. The zero-order valence-corrected chi connectivity index (χ0v) is 12.2. The average molecular weight is 254 g/mol. The quantitative estimate of drug-likeness (QED) is 0.873. The van der Waals surface area contributed by atoms with Crippen LogP contribution in [0.1, 0.15) is 33.3 Å². The van der Waals surface area contributed by atoms with E-state index in [1.807, 2.05) is 12.3 Å². The summed E-state index contributed by atoms with van der Waals surface area (Å²) >= 11 is 0. The smallest absolute Gasteiger partial charge is 0.0722 e. The first-order valence-electron chi connectivity index (χ1n) is 6.81. The van der Waals surface area contributed by atoms with Crippen molar-refractivity contribution in [2.75, 3.05) is 11.9 Å². The van der Waals surface area contributed by atoms with Crippen LogP contribution < -0.4 is 5.32 Å². The van der Waals surface area contributed by atoms with E-state index in [-0.39, 0.29) is 5.41 Å². The van der Waals surface area contributed by atoms with E-state index >= 15 is 0 Å². The van der Waals surface area contributed by atoms with Gasteiger partial charge in [0, 0.05) is 24.0 Å². The molecule has 0 aliphatic heterocycles. The van der Waals surface area contributed by atoms with Crippen LogP contribution in [0, 0.1) is 0 Å². The lowest BCUT2D eigenvalue weighted by molar-refractivity contribution is 0.590. The second-order valence-electron chi connectivity index (χ2n) is 5.79. The Balaban J connectivity index is 2.29. The number of rotatable bonds is 3. The van der Waals surface area contributed by atoms with Crippen LogP contribution in [0.4, 0.5) is 5.69 Å². The number of nitrogens with zero attached hydrogens (tertiary/aromatic N) is 1. The summed E-state index contributed by atoms with van der Waals surface area (Å²) < 4.78 is 0. The molecule has 0 saturated heterocycles. The molecule has 2 rings (SSSR count). The predicted octanol–water partition coefficient (Wildman–Crippen LogP) is 4.48. The van der Waals surface area contributed by atoms with E-state index in [9.17, 15) is 0 Å². The highest BCUT2D eigenvalue weighted by Gasteiger charge is 2.13. The van der Waals surface area contributed by atoms with Crippen LogP contribution in [0.2, 0.25) is 0 Å². The Morgan fingerprint density at radius 1 is 1.05 bits per heavy atom. The number of hydrogen-bond donors (Lipinski definition) is 1. The van der Waals surface area contributed by atoms with Crippen LogP contribution in [0.3, 0.4) is 0 Å². The van der Waals surface area contributed by atoms with Crippen LogP contribution in [0.25, 0.3) is 11.3 Å². The fourth-order valence-electron chi connectivity index (χ4n) is 2.04. The van der Waals surface area contributed by atoms with Crippen LogP contribution in [-0.4, -0.2) is 11.5 Å². The minimum absolute atomic E-state index is 0.192. The third kappa shape index (κ3) is 3.34. The molecule has 0 bridgehead atoms. The van der Waals surface area contributed by atoms with Crippen molar-refractivity contribution in [3.63, 3.8) is 0 Å². The summed E-state index contributed by atoms with van der Waals surface area (Å²) in [6.07, 6.45) is 1.85. The molecular weight excluding hydrogens is 232 g/mol. The topological polar surface area (TPSA) is 24.9 Å². The Morgan fingerprint density at radius 3 is 2.32 bits per heavy atom. The zero-order chi connectivity index (χ0) is 13.9. The second kappa shape index (κ2) is 5.43. The van der Waals surface area contributed by atoms with Gasteiger partial charge in [0.25, 0.3) is 0 Å². The number of aromatic nitrogens is 1. The Bertz CT molecular complexity index is 536. The summed E-state index contributed by atoms with van der Waals surface area (Å²) in [5.41, 5.74) is 4.83. The normalized spacial score (nSPS) is 11.4. The van der Waals surface area contributed by atoms with E-state index in [0.29, 0.717) is 0 Å². The molecule has 2 aromatic rings. The predicted molar refractivity (Wildman–Crippen MR) is 82.5 cm³/mol. The van der Waals surface area contributed by atoms with Crippen LogP contribution in [0.5, 0.6) is 0 Å². The summed E-state index contributed by atoms with van der Waals surface area (Å²) in [6.45, 7) is 9.70. The fourth-order valence-corrected chi connectivity index (χ4v) is 2.04. The van der Waals surface area contributed by atoms with E-state index in [1.165, 1.54) is 5.56 Å². The Kier molecular flexibility index (Phi) is 3.89. The first-order valence-corrected chi connectivity index (χ1v) is 6.81. The van der Waals surface area contributed by atoms with Gasteiger partial charge in [-0.15, -0.1) is 0 Å². The van der Waals surface area contributed by atoms with Gasteiger partial charge in [-0.1, -0.05) is 45.0 Å². The first kappa shape index (κ1) is 13.6. The molecule has 100 valence electrons. The van der Waals surface area contributed by atoms with Crippen molar-refractivity contribution < 1.29 is 0 Å². The molecule has 1 aromatic heterocycles. The molecule has 0 saturated carbocycles. The molecule has 1 heterocycles. The Morgan fingerprint density at radius 2 is 1.74 bits per heavy atom. The molecule has 0 atom stereocenters. The van der Waals surface area contributed by atoms with Crippen LogP contribution >= 0.6 is 0 Å². The molecule has 1 N–H and O–H groups in total. The maximum Gasteiger partial charge on any atom is 0.0722 e. The van der Waals surface area contributed by atoms with Gasteiger partial charge in [0.05, 0.1) is 5.69 Å². The summed E-state index contributed by atoms with van der Waals surface area (Å²) in [5, 5.41) is 3.31. The van der Waals surface area contributed by atoms with Crippen molar-refractivity contribution in [1.29, 1.82) is 0 Å². The third-order valence-corrected chi connectivity index (χ3v) is 3.19. The van der Waals surface area contributed by atoms with Gasteiger partial charge >= 0.3 is 0 Å².